The van der Waals surface area contributed by atoms with Crippen molar-refractivity contribution in [3.05, 3.63) is 0 Å². The first kappa shape index (κ1) is 16.4. The average molecular weight is 327 g/mol. The first-order valence-corrected chi connectivity index (χ1v) is 9.53. The van der Waals surface area contributed by atoms with Gasteiger partial charge in [-0.1, -0.05) is 0 Å². The Kier molecular flexibility index (Phi) is 4.90. The molecular formula is C16H30N4OS. The van der Waals surface area contributed by atoms with Gasteiger partial charge in [0.05, 0.1) is 6.61 Å². The summed E-state index contributed by atoms with van der Waals surface area (Å²) < 4.78 is 5.64. The number of likely N-dealkylation sites (tertiary alicyclic amines) is 1. The number of hydrogen-bond acceptors (Lipinski definition) is 4. The van der Waals surface area contributed by atoms with Gasteiger partial charge in [-0.15, -0.1) is 0 Å². The highest BCUT2D eigenvalue weighted by Gasteiger charge is 2.43. The molecule has 0 aromatic heterocycles. The zero-order chi connectivity index (χ0) is 15.6. The molecule has 3 saturated heterocycles. The first-order chi connectivity index (χ1) is 10.6. The molecule has 2 unspecified atom stereocenters. The molecule has 1 spiro atoms. The highest BCUT2D eigenvalue weighted by atomic mass is 32.2. The van der Waals surface area contributed by atoms with Crippen LogP contribution in [-0.4, -0.2) is 86.8 Å². The Labute approximate surface area is 138 Å². The molecule has 0 bridgehead atoms. The molecule has 3 aliphatic heterocycles. The summed E-state index contributed by atoms with van der Waals surface area (Å²) in [5.74, 6) is 3.55. The topological polar surface area (TPSA) is 40.1 Å². The lowest BCUT2D eigenvalue weighted by Crippen LogP contribution is -2.55. The lowest BCUT2D eigenvalue weighted by atomic mass is 9.87. The van der Waals surface area contributed by atoms with E-state index in [9.17, 15) is 0 Å². The second-order valence-electron chi connectivity index (χ2n) is 7.30. The third kappa shape index (κ3) is 3.10. The summed E-state index contributed by atoms with van der Waals surface area (Å²) in [5.41, 5.74) is 0.661. The maximum atomic E-state index is 5.64. The summed E-state index contributed by atoms with van der Waals surface area (Å²) >= 11 is 2.06. The number of ether oxygens (including phenoxy) is 1. The predicted molar refractivity (Wildman–Crippen MR) is 93.8 cm³/mol. The number of rotatable bonds is 3. The van der Waals surface area contributed by atoms with Crippen LogP contribution in [0.4, 0.5) is 0 Å². The van der Waals surface area contributed by atoms with E-state index in [4.69, 9.17) is 4.74 Å². The van der Waals surface area contributed by atoms with Crippen molar-refractivity contribution >= 4 is 17.7 Å². The molecule has 5 nitrogen and oxygen atoms in total. The second kappa shape index (κ2) is 6.57. The molecule has 6 heteroatoms. The molecular weight excluding hydrogens is 296 g/mol. The van der Waals surface area contributed by atoms with Crippen LogP contribution in [-0.2, 0) is 4.74 Å². The lowest BCUT2D eigenvalue weighted by molar-refractivity contribution is 0.156. The molecule has 0 aromatic carbocycles. The molecule has 0 radical (unpaired) electrons. The van der Waals surface area contributed by atoms with Crippen LogP contribution < -0.4 is 5.32 Å². The summed E-state index contributed by atoms with van der Waals surface area (Å²) in [5, 5.41) is 3.66. The third-order valence-corrected chi connectivity index (χ3v) is 6.98. The minimum absolute atomic E-state index is 0.272. The molecule has 3 aliphatic rings. The van der Waals surface area contributed by atoms with Crippen LogP contribution in [0.2, 0.25) is 0 Å². The Morgan fingerprint density at radius 3 is 2.82 bits per heavy atom. The van der Waals surface area contributed by atoms with Crippen LogP contribution in [0.3, 0.4) is 0 Å². The van der Waals surface area contributed by atoms with Crippen molar-refractivity contribution in [3.8, 4) is 0 Å². The van der Waals surface area contributed by atoms with Gasteiger partial charge in [-0.05, 0) is 39.1 Å². The maximum absolute atomic E-state index is 5.64. The minimum atomic E-state index is 0.272. The van der Waals surface area contributed by atoms with Gasteiger partial charge in [0.2, 0.25) is 0 Å². The molecule has 0 amide bonds. The van der Waals surface area contributed by atoms with Crippen molar-refractivity contribution < 1.29 is 4.74 Å². The lowest BCUT2D eigenvalue weighted by Gasteiger charge is -2.37. The van der Waals surface area contributed by atoms with Gasteiger partial charge in [0.1, 0.15) is 0 Å². The molecule has 126 valence electrons. The fourth-order valence-corrected chi connectivity index (χ4v) is 5.46. The molecule has 3 rings (SSSR count). The number of guanidine groups is 1. The van der Waals surface area contributed by atoms with Crippen LogP contribution in [0.15, 0.2) is 4.99 Å². The largest absolute Gasteiger partial charge is 0.381 e. The number of nitrogens with one attached hydrogen (secondary N) is 1. The van der Waals surface area contributed by atoms with Crippen molar-refractivity contribution in [3.63, 3.8) is 0 Å². The van der Waals surface area contributed by atoms with E-state index in [1.54, 1.807) is 0 Å². The van der Waals surface area contributed by atoms with E-state index in [2.05, 4.69) is 46.0 Å². The Hall–Kier alpha value is -0.460. The number of hydrogen-bond donors (Lipinski definition) is 1. The number of thioether (sulfide) groups is 1. The average Bonchev–Trinajstić information content (AvgIpc) is 3.24. The maximum Gasteiger partial charge on any atom is 0.193 e. The zero-order valence-electron chi connectivity index (χ0n) is 14.2. The van der Waals surface area contributed by atoms with E-state index in [0.717, 1.165) is 38.8 Å². The standard InChI is InChI=1S/C16H30N4OS/c1-17-14(18-10-16(19(2)3)6-9-22-13-16)20-7-4-15(11-20)5-8-21-12-15/h4-13H2,1-3H3,(H,17,18). The number of likely N-dealkylation sites (N-methyl/N-ethyl adjacent to an activating group) is 1. The monoisotopic (exact) mass is 326 g/mol. The van der Waals surface area contributed by atoms with E-state index in [-0.39, 0.29) is 5.54 Å². The Morgan fingerprint density at radius 2 is 2.23 bits per heavy atom. The van der Waals surface area contributed by atoms with Gasteiger partial charge in [-0.25, -0.2) is 0 Å². The highest BCUT2D eigenvalue weighted by Crippen LogP contribution is 2.38. The smallest absolute Gasteiger partial charge is 0.193 e. The van der Waals surface area contributed by atoms with Crippen LogP contribution >= 0.6 is 11.8 Å². The van der Waals surface area contributed by atoms with E-state index in [0.29, 0.717) is 5.41 Å². The Balaban J connectivity index is 1.59. The van der Waals surface area contributed by atoms with Crippen LogP contribution in [0, 0.1) is 5.41 Å². The van der Waals surface area contributed by atoms with E-state index in [1.807, 2.05) is 7.05 Å². The van der Waals surface area contributed by atoms with Crippen molar-refractivity contribution in [2.24, 2.45) is 10.4 Å². The molecule has 0 saturated carbocycles. The summed E-state index contributed by atoms with van der Waals surface area (Å²) in [6.45, 7) is 5.04. The quantitative estimate of drug-likeness (QED) is 0.621. The SMILES string of the molecule is CN=C(NCC1(N(C)C)CCSC1)N1CCC2(CCOC2)C1. The molecule has 0 aliphatic carbocycles. The summed E-state index contributed by atoms with van der Waals surface area (Å²) in [6, 6.07) is 0. The van der Waals surface area contributed by atoms with Gasteiger partial charge < -0.3 is 19.9 Å². The molecule has 22 heavy (non-hydrogen) atoms. The van der Waals surface area contributed by atoms with E-state index < -0.39 is 0 Å². The summed E-state index contributed by atoms with van der Waals surface area (Å²) in [4.78, 5) is 9.36. The normalized spacial score (nSPS) is 36.0. The summed E-state index contributed by atoms with van der Waals surface area (Å²) in [7, 11) is 6.32. The molecule has 3 fully saturated rings. The van der Waals surface area contributed by atoms with Crippen molar-refractivity contribution in [1.82, 2.24) is 15.1 Å². The summed E-state index contributed by atoms with van der Waals surface area (Å²) in [6.07, 6.45) is 3.70. The van der Waals surface area contributed by atoms with Gasteiger partial charge in [-0.2, -0.15) is 11.8 Å². The van der Waals surface area contributed by atoms with Gasteiger partial charge >= 0.3 is 0 Å². The fraction of sp³-hybridized carbons (Fsp3) is 0.938. The Bertz CT molecular complexity index is 414. The third-order valence-electron chi connectivity index (χ3n) is 5.74. The number of aliphatic imine (C=N–C) groups is 1. The number of nitrogens with zero attached hydrogens (tertiary/aromatic N) is 3. The van der Waals surface area contributed by atoms with Gasteiger partial charge in [-0.3, -0.25) is 4.99 Å². The van der Waals surface area contributed by atoms with Crippen LogP contribution in [0.5, 0.6) is 0 Å². The Morgan fingerprint density at radius 1 is 1.36 bits per heavy atom. The highest BCUT2D eigenvalue weighted by molar-refractivity contribution is 7.99. The zero-order valence-corrected chi connectivity index (χ0v) is 15.0. The second-order valence-corrected chi connectivity index (χ2v) is 8.40. The van der Waals surface area contributed by atoms with Gasteiger partial charge in [0.25, 0.3) is 0 Å². The fourth-order valence-electron chi connectivity index (χ4n) is 3.91. The van der Waals surface area contributed by atoms with Crippen LogP contribution in [0.25, 0.3) is 0 Å². The molecule has 1 N–H and O–H groups in total. The van der Waals surface area contributed by atoms with Gasteiger partial charge in [0.15, 0.2) is 5.96 Å². The van der Waals surface area contributed by atoms with Crippen molar-refractivity contribution in [2.75, 3.05) is 65.5 Å². The van der Waals surface area contributed by atoms with E-state index >= 15 is 0 Å². The molecule has 2 atom stereocenters. The van der Waals surface area contributed by atoms with Gasteiger partial charge in [0, 0.05) is 50.0 Å². The van der Waals surface area contributed by atoms with Crippen molar-refractivity contribution in [1.29, 1.82) is 0 Å². The predicted octanol–water partition coefficient (Wildman–Crippen LogP) is 1.11. The van der Waals surface area contributed by atoms with Crippen molar-refractivity contribution in [2.45, 2.75) is 24.8 Å². The first-order valence-electron chi connectivity index (χ1n) is 8.38. The minimum Gasteiger partial charge on any atom is -0.381 e. The molecule has 0 aromatic rings. The van der Waals surface area contributed by atoms with E-state index in [1.165, 1.54) is 30.8 Å². The van der Waals surface area contributed by atoms with Crippen LogP contribution in [0.1, 0.15) is 19.3 Å². The molecule has 3 heterocycles.